The minimum absolute atomic E-state index is 0.0710. The van der Waals surface area contributed by atoms with E-state index < -0.39 is 11.6 Å². The fraction of sp³-hybridized carbons (Fsp3) is 0.682. The number of aliphatic hydroxyl groups is 1. The van der Waals surface area contributed by atoms with E-state index in [0.29, 0.717) is 24.6 Å². The molecule has 5 rings (SSSR count). The molecule has 1 aromatic carbocycles. The fourth-order valence-electron chi connectivity index (χ4n) is 5.00. The molecule has 0 amide bonds. The average molecular weight is 389 g/mol. The maximum Gasteiger partial charge on any atom is 0.344 e. The van der Waals surface area contributed by atoms with Crippen LogP contribution in [0.5, 0.6) is 0 Å². The van der Waals surface area contributed by atoms with Gasteiger partial charge >= 0.3 is 5.97 Å². The summed E-state index contributed by atoms with van der Waals surface area (Å²) in [6.45, 7) is 8.60. The molecule has 0 aromatic heterocycles. The van der Waals surface area contributed by atoms with E-state index in [2.05, 4.69) is 9.80 Å². The Kier molecular flexibility index (Phi) is 5.74. The lowest BCUT2D eigenvalue weighted by Crippen LogP contribution is -2.56. The van der Waals surface area contributed by atoms with Gasteiger partial charge in [0.25, 0.3) is 0 Å². The molecular weight excluding hydrogens is 356 g/mol. The van der Waals surface area contributed by atoms with Crippen molar-refractivity contribution in [2.75, 3.05) is 39.3 Å². The zero-order valence-electron chi connectivity index (χ0n) is 16.9. The number of hydrogen-bond acceptors (Lipinski definition) is 6. The summed E-state index contributed by atoms with van der Waals surface area (Å²) in [6.07, 6.45) is 2.16. The van der Waals surface area contributed by atoms with Gasteiger partial charge in [-0.1, -0.05) is 30.3 Å². The van der Waals surface area contributed by atoms with Crippen LogP contribution in [0.1, 0.15) is 32.3 Å². The lowest BCUT2D eigenvalue weighted by Gasteiger charge is -2.45. The van der Waals surface area contributed by atoms with Crippen molar-refractivity contribution in [3.8, 4) is 0 Å². The zero-order chi connectivity index (χ0) is 19.7. The third-order valence-corrected chi connectivity index (χ3v) is 6.39. The number of β-amino-alcohol motifs (C(OH)–C–C–N with tert-alkyl or cyclic N) is 1. The van der Waals surface area contributed by atoms with Crippen LogP contribution >= 0.6 is 0 Å². The Bertz CT molecular complexity index is 666. The quantitative estimate of drug-likeness (QED) is 0.774. The van der Waals surface area contributed by atoms with E-state index in [4.69, 9.17) is 9.47 Å². The van der Waals surface area contributed by atoms with E-state index in [0.717, 1.165) is 32.5 Å². The van der Waals surface area contributed by atoms with Crippen molar-refractivity contribution in [2.45, 2.75) is 50.6 Å². The first-order valence-electron chi connectivity index (χ1n) is 10.5. The second-order valence-electron chi connectivity index (χ2n) is 8.76. The third kappa shape index (κ3) is 4.10. The van der Waals surface area contributed by atoms with E-state index in [1.807, 2.05) is 44.2 Å². The maximum absolute atomic E-state index is 13.3. The molecule has 0 saturated carbocycles. The molecule has 0 spiro atoms. The molecule has 1 aromatic rings. The molecule has 6 nitrogen and oxygen atoms in total. The second kappa shape index (κ2) is 8.11. The summed E-state index contributed by atoms with van der Waals surface area (Å²) in [4.78, 5) is 17.8. The Labute approximate surface area is 167 Å². The van der Waals surface area contributed by atoms with Gasteiger partial charge in [-0.05, 0) is 51.3 Å². The lowest BCUT2D eigenvalue weighted by atomic mass is 9.85. The number of carbonyl (C=O) groups is 1. The van der Waals surface area contributed by atoms with Crippen molar-refractivity contribution in [3.63, 3.8) is 0 Å². The van der Waals surface area contributed by atoms with Gasteiger partial charge in [0.15, 0.2) is 5.60 Å². The number of nitrogens with zero attached hydrogens (tertiary/aromatic N) is 2. The normalized spacial score (nSPS) is 35.3. The van der Waals surface area contributed by atoms with E-state index in [9.17, 15) is 9.90 Å². The molecule has 2 bridgehead atoms. The first-order valence-corrected chi connectivity index (χ1v) is 10.5. The monoisotopic (exact) mass is 388 g/mol. The average Bonchev–Trinajstić information content (AvgIpc) is 2.68. The Balaban J connectivity index is 1.53. The highest BCUT2D eigenvalue weighted by atomic mass is 16.6. The molecule has 1 N–H and O–H groups in total. The van der Waals surface area contributed by atoms with Gasteiger partial charge in [0.1, 0.15) is 6.10 Å². The van der Waals surface area contributed by atoms with Crippen LogP contribution in [0.3, 0.4) is 0 Å². The predicted octanol–water partition coefficient (Wildman–Crippen LogP) is 1.62. The molecule has 28 heavy (non-hydrogen) atoms. The number of carbonyl (C=O) groups excluding carboxylic acids is 1. The summed E-state index contributed by atoms with van der Waals surface area (Å²) in [6, 6.07) is 9.22. The van der Waals surface area contributed by atoms with Gasteiger partial charge < -0.3 is 14.6 Å². The van der Waals surface area contributed by atoms with Crippen molar-refractivity contribution < 1.29 is 19.4 Å². The Morgan fingerprint density at radius 1 is 1.14 bits per heavy atom. The van der Waals surface area contributed by atoms with Crippen molar-refractivity contribution >= 4 is 5.97 Å². The molecule has 0 aliphatic carbocycles. The summed E-state index contributed by atoms with van der Waals surface area (Å²) in [7, 11) is 0. The van der Waals surface area contributed by atoms with Crippen molar-refractivity contribution in [3.05, 3.63) is 35.9 Å². The van der Waals surface area contributed by atoms with Gasteiger partial charge in [-0.25, -0.2) is 4.79 Å². The van der Waals surface area contributed by atoms with Crippen LogP contribution in [0.25, 0.3) is 0 Å². The SMILES string of the molecule is CC1CN(CC(O)(C(=O)OC2CN3CCC2CC3)c2ccccc2)CC(C)O1. The molecule has 4 unspecified atom stereocenters. The van der Waals surface area contributed by atoms with E-state index in [1.54, 1.807) is 0 Å². The first kappa shape index (κ1) is 19.8. The highest BCUT2D eigenvalue weighted by Gasteiger charge is 2.45. The number of benzene rings is 1. The van der Waals surface area contributed by atoms with Gasteiger partial charge in [0, 0.05) is 26.2 Å². The topological polar surface area (TPSA) is 62.2 Å². The van der Waals surface area contributed by atoms with Crippen molar-refractivity contribution in [1.82, 2.24) is 9.80 Å². The van der Waals surface area contributed by atoms with Gasteiger partial charge in [0.2, 0.25) is 0 Å². The minimum atomic E-state index is -1.68. The van der Waals surface area contributed by atoms with E-state index in [1.165, 1.54) is 0 Å². The molecule has 4 heterocycles. The molecule has 154 valence electrons. The third-order valence-electron chi connectivity index (χ3n) is 6.39. The van der Waals surface area contributed by atoms with Crippen LogP contribution in [0.15, 0.2) is 30.3 Å². The van der Waals surface area contributed by atoms with Crippen LogP contribution < -0.4 is 0 Å². The molecular formula is C22H32N2O4. The predicted molar refractivity (Wildman–Crippen MR) is 106 cm³/mol. The molecule has 0 radical (unpaired) electrons. The zero-order valence-corrected chi connectivity index (χ0v) is 16.9. The summed E-state index contributed by atoms with van der Waals surface area (Å²) < 4.78 is 11.8. The van der Waals surface area contributed by atoms with Crippen LogP contribution in [0.2, 0.25) is 0 Å². The number of esters is 1. The van der Waals surface area contributed by atoms with E-state index in [-0.39, 0.29) is 24.9 Å². The molecule has 4 fully saturated rings. The molecule has 4 atom stereocenters. The molecule has 6 heteroatoms. The summed E-state index contributed by atoms with van der Waals surface area (Å²) in [5.74, 6) is -0.110. The molecule has 4 aliphatic rings. The molecule has 4 aliphatic heterocycles. The van der Waals surface area contributed by atoms with Gasteiger partial charge in [-0.15, -0.1) is 0 Å². The number of fused-ring (bicyclic) bond motifs is 3. The van der Waals surface area contributed by atoms with Crippen molar-refractivity contribution in [1.29, 1.82) is 0 Å². The second-order valence-corrected chi connectivity index (χ2v) is 8.76. The van der Waals surface area contributed by atoms with Gasteiger partial charge in [-0.2, -0.15) is 0 Å². The minimum Gasteiger partial charge on any atom is -0.458 e. The summed E-state index contributed by atoms with van der Waals surface area (Å²) in [5, 5.41) is 11.6. The molecule has 4 saturated heterocycles. The highest BCUT2D eigenvalue weighted by molar-refractivity contribution is 5.81. The van der Waals surface area contributed by atoms with Crippen LogP contribution in [0, 0.1) is 5.92 Å². The van der Waals surface area contributed by atoms with Gasteiger partial charge in [-0.3, -0.25) is 9.80 Å². The first-order chi connectivity index (χ1) is 13.4. The lowest BCUT2D eigenvalue weighted by molar-refractivity contribution is -0.186. The Morgan fingerprint density at radius 3 is 2.36 bits per heavy atom. The number of morpholine rings is 1. The smallest absolute Gasteiger partial charge is 0.344 e. The largest absolute Gasteiger partial charge is 0.458 e. The van der Waals surface area contributed by atoms with Crippen LogP contribution in [0.4, 0.5) is 0 Å². The Hall–Kier alpha value is -1.47. The number of hydrogen-bond donors (Lipinski definition) is 1. The van der Waals surface area contributed by atoms with Crippen molar-refractivity contribution in [2.24, 2.45) is 5.92 Å². The summed E-state index contributed by atoms with van der Waals surface area (Å²) >= 11 is 0. The number of piperidine rings is 3. The highest BCUT2D eigenvalue weighted by Crippen LogP contribution is 2.32. The van der Waals surface area contributed by atoms with Crippen LogP contribution in [-0.2, 0) is 19.9 Å². The standard InChI is InChI=1S/C22H32N2O4/c1-16-12-24(13-17(2)27-16)15-22(26,19-6-4-3-5-7-19)21(25)28-20-14-23-10-8-18(20)9-11-23/h3-7,16-18,20,26H,8-15H2,1-2H3. The number of rotatable bonds is 5. The Morgan fingerprint density at radius 2 is 1.79 bits per heavy atom. The van der Waals surface area contributed by atoms with E-state index >= 15 is 0 Å². The number of ether oxygens (including phenoxy) is 2. The van der Waals surface area contributed by atoms with Gasteiger partial charge in [0.05, 0.1) is 12.2 Å². The summed E-state index contributed by atoms with van der Waals surface area (Å²) in [5.41, 5.74) is -1.09. The van der Waals surface area contributed by atoms with Crippen LogP contribution in [-0.4, -0.2) is 78.5 Å². The maximum atomic E-state index is 13.3. The fourth-order valence-corrected chi connectivity index (χ4v) is 5.00.